The zero-order chi connectivity index (χ0) is 17.0. The van der Waals surface area contributed by atoms with E-state index in [0.29, 0.717) is 28.9 Å². The van der Waals surface area contributed by atoms with Crippen molar-refractivity contribution in [3.63, 3.8) is 0 Å². The summed E-state index contributed by atoms with van der Waals surface area (Å²) >= 11 is 0. The van der Waals surface area contributed by atoms with Crippen molar-refractivity contribution in [2.75, 3.05) is 32.6 Å². The Morgan fingerprint density at radius 3 is 2.83 bits per heavy atom. The minimum Gasteiger partial charge on any atom is -0.462 e. The van der Waals surface area contributed by atoms with Crippen LogP contribution in [-0.4, -0.2) is 53.6 Å². The van der Waals surface area contributed by atoms with E-state index in [2.05, 4.69) is 17.0 Å². The fraction of sp³-hybridized carbons (Fsp3) is 0.312. The lowest BCUT2D eigenvalue weighted by Crippen LogP contribution is -2.23. The highest BCUT2D eigenvalue weighted by Gasteiger charge is 2.15. The molecule has 0 atom stereocenters. The van der Waals surface area contributed by atoms with Crippen LogP contribution in [0.25, 0.3) is 5.52 Å². The molecule has 2 aromatic rings. The van der Waals surface area contributed by atoms with Crippen molar-refractivity contribution in [3.05, 3.63) is 42.2 Å². The summed E-state index contributed by atoms with van der Waals surface area (Å²) in [7, 11) is 3.73. The Balaban J connectivity index is 2.22. The van der Waals surface area contributed by atoms with Crippen LogP contribution in [-0.2, 0) is 9.53 Å². The number of pyridine rings is 1. The highest BCUT2D eigenvalue weighted by Crippen LogP contribution is 2.17. The van der Waals surface area contributed by atoms with Gasteiger partial charge in [0.1, 0.15) is 5.56 Å². The number of hydrogen-bond acceptors (Lipinski definition) is 5. The van der Waals surface area contributed by atoms with E-state index in [9.17, 15) is 9.59 Å². The van der Waals surface area contributed by atoms with E-state index >= 15 is 0 Å². The monoisotopic (exact) mass is 316 g/mol. The molecule has 0 saturated carbocycles. The van der Waals surface area contributed by atoms with Crippen LogP contribution in [0.1, 0.15) is 17.3 Å². The molecule has 0 aliphatic rings. The van der Waals surface area contributed by atoms with Gasteiger partial charge in [0, 0.05) is 24.0 Å². The lowest BCUT2D eigenvalue weighted by molar-refractivity contribution is -0.113. The first-order valence-corrected chi connectivity index (χ1v) is 7.20. The summed E-state index contributed by atoms with van der Waals surface area (Å²) in [6, 6.07) is 3.38. The Kier molecular flexibility index (Phi) is 5.13. The van der Waals surface area contributed by atoms with Crippen molar-refractivity contribution in [2.24, 2.45) is 0 Å². The van der Waals surface area contributed by atoms with Gasteiger partial charge in [0.15, 0.2) is 0 Å². The van der Waals surface area contributed by atoms with Crippen molar-refractivity contribution in [2.45, 2.75) is 6.92 Å². The second-order valence-corrected chi connectivity index (χ2v) is 5.32. The Labute approximate surface area is 134 Å². The third kappa shape index (κ3) is 3.95. The van der Waals surface area contributed by atoms with Crippen molar-refractivity contribution >= 4 is 23.1 Å². The largest absolute Gasteiger partial charge is 0.462 e. The molecule has 2 aromatic heterocycles. The van der Waals surface area contributed by atoms with Gasteiger partial charge < -0.3 is 15.0 Å². The van der Waals surface area contributed by atoms with Gasteiger partial charge in [0.05, 0.1) is 18.3 Å². The third-order valence-electron chi connectivity index (χ3n) is 3.10. The van der Waals surface area contributed by atoms with E-state index in [1.54, 1.807) is 29.8 Å². The lowest BCUT2D eigenvalue weighted by atomic mass is 10.2. The minimum atomic E-state index is -0.442. The van der Waals surface area contributed by atoms with Crippen molar-refractivity contribution in [3.8, 4) is 0 Å². The first-order chi connectivity index (χ1) is 10.9. The van der Waals surface area contributed by atoms with Gasteiger partial charge >= 0.3 is 5.97 Å². The number of fused-ring (bicyclic) bond motifs is 1. The van der Waals surface area contributed by atoms with Crippen LogP contribution >= 0.6 is 0 Å². The normalized spacial score (nSPS) is 10.8. The quantitative estimate of drug-likeness (QED) is 0.646. The number of likely N-dealkylation sites (N-methyl/N-ethyl adjacent to an activating group) is 1. The van der Waals surface area contributed by atoms with Crippen LogP contribution in [0, 0.1) is 0 Å². The highest BCUT2D eigenvalue weighted by atomic mass is 16.5. The van der Waals surface area contributed by atoms with Crippen LogP contribution in [0.3, 0.4) is 0 Å². The molecule has 0 unspecified atom stereocenters. The van der Waals surface area contributed by atoms with Crippen LogP contribution in [0.5, 0.6) is 0 Å². The number of ether oxygens (including phenoxy) is 1. The topological polar surface area (TPSA) is 75.9 Å². The lowest BCUT2D eigenvalue weighted by Gasteiger charge is -2.12. The summed E-state index contributed by atoms with van der Waals surface area (Å²) in [5.41, 5.74) is 1.94. The van der Waals surface area contributed by atoms with Crippen molar-refractivity contribution in [1.82, 2.24) is 14.5 Å². The van der Waals surface area contributed by atoms with Gasteiger partial charge in [-0.15, -0.1) is 0 Å². The fourth-order valence-electron chi connectivity index (χ4n) is 2.10. The predicted molar refractivity (Wildman–Crippen MR) is 87.5 cm³/mol. The maximum atomic E-state index is 12.1. The van der Waals surface area contributed by atoms with Crippen LogP contribution in [0.4, 0.5) is 5.69 Å². The molecule has 2 heterocycles. The van der Waals surface area contributed by atoms with E-state index in [-0.39, 0.29) is 12.5 Å². The number of nitrogens with one attached hydrogen (secondary N) is 1. The van der Waals surface area contributed by atoms with Gasteiger partial charge in [0.25, 0.3) is 5.91 Å². The molecule has 0 saturated heterocycles. The molecule has 0 fully saturated rings. The van der Waals surface area contributed by atoms with E-state index in [1.807, 2.05) is 19.0 Å². The highest BCUT2D eigenvalue weighted by molar-refractivity contribution is 6.04. The summed E-state index contributed by atoms with van der Waals surface area (Å²) in [5, 5.41) is 6.86. The Bertz CT molecular complexity index is 749. The molecular formula is C16H20N4O3. The molecule has 122 valence electrons. The van der Waals surface area contributed by atoms with Crippen LogP contribution in [0.15, 0.2) is 36.7 Å². The van der Waals surface area contributed by atoms with Gasteiger partial charge in [-0.1, -0.05) is 6.58 Å². The maximum absolute atomic E-state index is 12.1. The van der Waals surface area contributed by atoms with E-state index in [4.69, 9.17) is 4.74 Å². The third-order valence-corrected chi connectivity index (χ3v) is 3.10. The molecule has 23 heavy (non-hydrogen) atoms. The number of nitrogens with zero attached hydrogens (tertiary/aromatic N) is 3. The molecule has 1 amide bonds. The van der Waals surface area contributed by atoms with Crippen molar-refractivity contribution < 1.29 is 14.3 Å². The van der Waals surface area contributed by atoms with Crippen LogP contribution in [0.2, 0.25) is 0 Å². The fourth-order valence-corrected chi connectivity index (χ4v) is 2.10. The molecule has 0 bridgehead atoms. The molecule has 7 heteroatoms. The van der Waals surface area contributed by atoms with E-state index in [1.165, 1.54) is 6.20 Å². The zero-order valence-electron chi connectivity index (χ0n) is 13.5. The number of rotatable bonds is 6. The molecule has 0 aromatic carbocycles. The number of carbonyl (C=O) groups excluding carboxylic acids is 2. The predicted octanol–water partition coefficient (Wildman–Crippen LogP) is 1.57. The second-order valence-electron chi connectivity index (χ2n) is 5.32. The van der Waals surface area contributed by atoms with Gasteiger partial charge in [-0.25, -0.2) is 9.31 Å². The van der Waals surface area contributed by atoms with Crippen LogP contribution < -0.4 is 5.32 Å². The molecule has 0 aliphatic carbocycles. The molecular weight excluding hydrogens is 296 g/mol. The maximum Gasteiger partial charge on any atom is 0.341 e. The first-order valence-electron chi connectivity index (χ1n) is 7.20. The average Bonchev–Trinajstić information content (AvgIpc) is 2.90. The number of aromatic nitrogens is 2. The number of esters is 1. The number of carbonyl (C=O) groups is 2. The van der Waals surface area contributed by atoms with Gasteiger partial charge in [-0.05, 0) is 33.2 Å². The Morgan fingerprint density at radius 1 is 1.43 bits per heavy atom. The van der Waals surface area contributed by atoms with Crippen molar-refractivity contribution in [1.29, 1.82) is 0 Å². The molecule has 0 spiro atoms. The summed E-state index contributed by atoms with van der Waals surface area (Å²) in [6.07, 6.45) is 3.12. The molecule has 7 nitrogen and oxygen atoms in total. The molecule has 0 aliphatic heterocycles. The van der Waals surface area contributed by atoms with Gasteiger partial charge in [0.2, 0.25) is 0 Å². The number of hydrogen-bond donors (Lipinski definition) is 1. The Morgan fingerprint density at radius 2 is 2.17 bits per heavy atom. The minimum absolute atomic E-state index is 0.264. The zero-order valence-corrected chi connectivity index (χ0v) is 13.5. The molecule has 0 radical (unpaired) electrons. The SMILES string of the molecule is C=C(CN(C)C)C(=O)Nc1ccn2ncc(C(=O)OCC)c2c1. The Hall–Kier alpha value is -2.67. The molecule has 2 rings (SSSR count). The smallest absolute Gasteiger partial charge is 0.341 e. The van der Waals surface area contributed by atoms with Gasteiger partial charge in [-0.2, -0.15) is 5.10 Å². The number of anilines is 1. The summed E-state index contributed by atoms with van der Waals surface area (Å²) in [4.78, 5) is 25.9. The molecule has 1 N–H and O–H groups in total. The second kappa shape index (κ2) is 7.06. The number of amides is 1. The summed E-state index contributed by atoms with van der Waals surface area (Å²) < 4.78 is 6.55. The summed E-state index contributed by atoms with van der Waals surface area (Å²) in [5.74, 6) is -0.705. The first kappa shape index (κ1) is 16.7. The average molecular weight is 316 g/mol. The standard InChI is InChI=1S/C16H20N4O3/c1-5-23-16(22)13-9-17-20-7-6-12(8-14(13)20)18-15(21)11(2)10-19(3)4/h6-9H,2,5,10H2,1,3-4H3,(H,18,21). The van der Waals surface area contributed by atoms with Gasteiger partial charge in [-0.3, -0.25) is 4.79 Å². The van der Waals surface area contributed by atoms with E-state index < -0.39 is 5.97 Å². The van der Waals surface area contributed by atoms with E-state index in [0.717, 1.165) is 0 Å². The summed E-state index contributed by atoms with van der Waals surface area (Å²) in [6.45, 7) is 6.27.